The normalized spacial score (nSPS) is 44.1. The molecule has 0 aliphatic carbocycles. The van der Waals surface area contributed by atoms with Crippen LogP contribution in [0, 0.1) is 5.41 Å². The molecule has 0 aromatic heterocycles. The van der Waals surface area contributed by atoms with Crippen molar-refractivity contribution in [1.29, 1.82) is 0 Å². The fourth-order valence-electron chi connectivity index (χ4n) is 2.44. The van der Waals surface area contributed by atoms with E-state index in [0.717, 1.165) is 12.8 Å². The molecule has 82 valence electrons. The molecule has 2 unspecified atom stereocenters. The molecule has 14 heavy (non-hydrogen) atoms. The second-order valence-electron chi connectivity index (χ2n) is 4.43. The Kier molecular flexibility index (Phi) is 2.79. The predicted molar refractivity (Wildman–Crippen MR) is 50.0 cm³/mol. The van der Waals surface area contributed by atoms with Crippen molar-refractivity contribution in [2.75, 3.05) is 33.0 Å². The maximum absolute atomic E-state index is 10.5. The van der Waals surface area contributed by atoms with Gasteiger partial charge in [-0.1, -0.05) is 0 Å². The summed E-state index contributed by atoms with van der Waals surface area (Å²) < 4.78 is 10.6. The van der Waals surface area contributed by atoms with Gasteiger partial charge >= 0.3 is 0 Å². The van der Waals surface area contributed by atoms with E-state index in [2.05, 4.69) is 0 Å². The van der Waals surface area contributed by atoms with Crippen molar-refractivity contribution in [3.8, 4) is 0 Å². The Morgan fingerprint density at radius 1 is 1.07 bits per heavy atom. The van der Waals surface area contributed by atoms with Gasteiger partial charge in [-0.15, -0.1) is 0 Å². The van der Waals surface area contributed by atoms with E-state index >= 15 is 0 Å². The van der Waals surface area contributed by atoms with E-state index in [1.165, 1.54) is 0 Å². The van der Waals surface area contributed by atoms with Crippen molar-refractivity contribution in [1.82, 2.24) is 0 Å². The minimum Gasteiger partial charge on any atom is -0.396 e. The Morgan fingerprint density at radius 2 is 1.86 bits per heavy atom. The van der Waals surface area contributed by atoms with Crippen LogP contribution in [0.5, 0.6) is 0 Å². The van der Waals surface area contributed by atoms with Crippen LogP contribution >= 0.6 is 0 Å². The van der Waals surface area contributed by atoms with E-state index in [9.17, 15) is 10.2 Å². The topological polar surface area (TPSA) is 58.9 Å². The molecule has 4 heteroatoms. The second kappa shape index (κ2) is 3.77. The largest absolute Gasteiger partial charge is 0.396 e. The summed E-state index contributed by atoms with van der Waals surface area (Å²) in [5, 5.41) is 19.9. The van der Waals surface area contributed by atoms with E-state index in [1.807, 2.05) is 0 Å². The highest BCUT2D eigenvalue weighted by molar-refractivity contribution is 5.02. The van der Waals surface area contributed by atoms with Crippen molar-refractivity contribution < 1.29 is 19.7 Å². The van der Waals surface area contributed by atoms with E-state index < -0.39 is 11.0 Å². The third-order valence-electron chi connectivity index (χ3n) is 3.61. The van der Waals surface area contributed by atoms with Crippen LogP contribution in [0.4, 0.5) is 0 Å². The van der Waals surface area contributed by atoms with Crippen LogP contribution in [0.3, 0.4) is 0 Å². The minimum atomic E-state index is -0.892. The molecule has 0 amide bonds. The molecule has 2 aliphatic rings. The number of hydrogen-bond acceptors (Lipinski definition) is 4. The standard InChI is InChI=1S/C10H18O4/c11-6-9(3-5-14-7-9)10(12)2-1-4-13-8-10/h11-12H,1-8H2. The lowest BCUT2D eigenvalue weighted by atomic mass is 9.69. The molecule has 0 saturated carbocycles. The summed E-state index contributed by atoms with van der Waals surface area (Å²) in [5.41, 5.74) is -1.38. The van der Waals surface area contributed by atoms with Crippen LogP contribution < -0.4 is 0 Å². The van der Waals surface area contributed by atoms with Crippen LogP contribution in [0.25, 0.3) is 0 Å². The molecule has 0 aromatic carbocycles. The molecule has 2 rings (SSSR count). The van der Waals surface area contributed by atoms with Crippen molar-refractivity contribution in [2.24, 2.45) is 5.41 Å². The average molecular weight is 202 g/mol. The highest BCUT2D eigenvalue weighted by atomic mass is 16.5. The van der Waals surface area contributed by atoms with Crippen molar-refractivity contribution in [3.63, 3.8) is 0 Å². The first-order valence-electron chi connectivity index (χ1n) is 5.21. The van der Waals surface area contributed by atoms with Crippen LogP contribution in [0.15, 0.2) is 0 Å². The van der Waals surface area contributed by atoms with Gasteiger partial charge in [0.2, 0.25) is 0 Å². The lowest BCUT2D eigenvalue weighted by Gasteiger charge is -2.44. The predicted octanol–water partition coefficient (Wildman–Crippen LogP) is -0.0731. The molecule has 2 N–H and O–H groups in total. The van der Waals surface area contributed by atoms with E-state index in [0.29, 0.717) is 32.8 Å². The Balaban J connectivity index is 2.15. The zero-order chi connectivity index (χ0) is 10.1. The summed E-state index contributed by atoms with van der Waals surface area (Å²) in [6, 6.07) is 0. The lowest BCUT2D eigenvalue weighted by molar-refractivity contribution is -0.174. The molecular formula is C10H18O4. The van der Waals surface area contributed by atoms with Crippen LogP contribution in [0.1, 0.15) is 19.3 Å². The van der Waals surface area contributed by atoms with E-state index in [4.69, 9.17) is 9.47 Å². The average Bonchev–Trinajstić information content (AvgIpc) is 2.68. The molecule has 2 fully saturated rings. The van der Waals surface area contributed by atoms with Gasteiger partial charge in [0.05, 0.1) is 30.8 Å². The summed E-state index contributed by atoms with van der Waals surface area (Å²) in [5.74, 6) is 0. The first kappa shape index (κ1) is 10.4. The number of ether oxygens (including phenoxy) is 2. The quantitative estimate of drug-likeness (QED) is 0.658. The van der Waals surface area contributed by atoms with Gasteiger partial charge in [0.25, 0.3) is 0 Å². The van der Waals surface area contributed by atoms with Crippen molar-refractivity contribution in [3.05, 3.63) is 0 Å². The van der Waals surface area contributed by atoms with Gasteiger partial charge in [-0.3, -0.25) is 0 Å². The zero-order valence-corrected chi connectivity index (χ0v) is 8.37. The third kappa shape index (κ3) is 1.46. The molecule has 0 bridgehead atoms. The van der Waals surface area contributed by atoms with Gasteiger partial charge in [0.15, 0.2) is 0 Å². The zero-order valence-electron chi connectivity index (χ0n) is 8.37. The SMILES string of the molecule is OCC1(C2(O)CCCOC2)CCOC1. The number of aliphatic hydroxyl groups is 2. The number of hydrogen-bond donors (Lipinski definition) is 2. The summed E-state index contributed by atoms with van der Waals surface area (Å²) in [7, 11) is 0. The Bertz CT molecular complexity index is 192. The maximum Gasteiger partial charge on any atom is 0.0981 e. The monoisotopic (exact) mass is 202 g/mol. The van der Waals surface area contributed by atoms with Gasteiger partial charge in [-0.25, -0.2) is 0 Å². The van der Waals surface area contributed by atoms with Gasteiger partial charge in [0.1, 0.15) is 0 Å². The molecule has 0 aromatic rings. The van der Waals surface area contributed by atoms with Gasteiger partial charge in [-0.05, 0) is 19.3 Å². The molecule has 0 spiro atoms. The van der Waals surface area contributed by atoms with E-state index in [1.54, 1.807) is 0 Å². The maximum atomic E-state index is 10.5. The van der Waals surface area contributed by atoms with Crippen LogP contribution in [0.2, 0.25) is 0 Å². The molecule has 4 nitrogen and oxygen atoms in total. The summed E-state index contributed by atoms with van der Waals surface area (Å²) >= 11 is 0. The highest BCUT2D eigenvalue weighted by Gasteiger charge is 2.53. The van der Waals surface area contributed by atoms with Crippen molar-refractivity contribution in [2.45, 2.75) is 24.9 Å². The summed E-state index contributed by atoms with van der Waals surface area (Å²) in [6.45, 7) is 2.10. The Labute approximate surface area is 83.8 Å². The molecule has 2 aliphatic heterocycles. The first-order valence-corrected chi connectivity index (χ1v) is 5.21. The third-order valence-corrected chi connectivity index (χ3v) is 3.61. The van der Waals surface area contributed by atoms with Gasteiger partial charge in [-0.2, -0.15) is 0 Å². The lowest BCUT2D eigenvalue weighted by Crippen LogP contribution is -2.56. The summed E-state index contributed by atoms with van der Waals surface area (Å²) in [6.07, 6.45) is 2.29. The molecule has 2 heterocycles. The minimum absolute atomic E-state index is 0.0210. The first-order chi connectivity index (χ1) is 6.72. The van der Waals surface area contributed by atoms with Gasteiger partial charge in [0, 0.05) is 13.2 Å². The number of rotatable bonds is 2. The molecule has 2 saturated heterocycles. The molecular weight excluding hydrogens is 184 g/mol. The summed E-state index contributed by atoms with van der Waals surface area (Å²) in [4.78, 5) is 0. The Hall–Kier alpha value is -0.160. The fourth-order valence-corrected chi connectivity index (χ4v) is 2.44. The second-order valence-corrected chi connectivity index (χ2v) is 4.43. The van der Waals surface area contributed by atoms with Gasteiger partial charge < -0.3 is 19.7 Å². The molecule has 2 atom stereocenters. The molecule has 0 radical (unpaired) electrons. The van der Waals surface area contributed by atoms with Crippen LogP contribution in [-0.2, 0) is 9.47 Å². The highest BCUT2D eigenvalue weighted by Crippen LogP contribution is 2.43. The van der Waals surface area contributed by atoms with E-state index in [-0.39, 0.29) is 6.61 Å². The number of aliphatic hydroxyl groups excluding tert-OH is 1. The fraction of sp³-hybridized carbons (Fsp3) is 1.00. The van der Waals surface area contributed by atoms with Crippen molar-refractivity contribution >= 4 is 0 Å². The smallest absolute Gasteiger partial charge is 0.0981 e. The van der Waals surface area contributed by atoms with Crippen LogP contribution in [-0.4, -0.2) is 48.8 Å². The Morgan fingerprint density at radius 3 is 2.36 bits per heavy atom.